The molecule has 0 fully saturated rings. The molecule has 25 heavy (non-hydrogen) atoms. The second-order valence-corrected chi connectivity index (χ2v) is 7.80. The summed E-state index contributed by atoms with van der Waals surface area (Å²) in [4.78, 5) is 12.5. The number of aromatic nitrogens is 3. The van der Waals surface area contributed by atoms with E-state index in [1.54, 1.807) is 0 Å². The maximum Gasteiger partial charge on any atom is 0.230 e. The van der Waals surface area contributed by atoms with Crippen molar-refractivity contribution in [2.24, 2.45) is 0 Å². The first kappa shape index (κ1) is 16.6. The van der Waals surface area contributed by atoms with Gasteiger partial charge < -0.3 is 9.88 Å². The van der Waals surface area contributed by atoms with E-state index < -0.39 is 0 Å². The van der Waals surface area contributed by atoms with Crippen molar-refractivity contribution in [1.29, 1.82) is 0 Å². The summed E-state index contributed by atoms with van der Waals surface area (Å²) in [6.45, 7) is 0.974. The van der Waals surface area contributed by atoms with E-state index in [1.807, 2.05) is 0 Å². The van der Waals surface area contributed by atoms with Gasteiger partial charge in [0, 0.05) is 13.0 Å². The Kier molecular flexibility index (Phi) is 5.06. The van der Waals surface area contributed by atoms with Crippen LogP contribution in [0, 0.1) is 0 Å². The summed E-state index contributed by atoms with van der Waals surface area (Å²) < 4.78 is 2.20. The molecule has 2 heterocycles. The van der Waals surface area contributed by atoms with Gasteiger partial charge >= 0.3 is 0 Å². The summed E-state index contributed by atoms with van der Waals surface area (Å²) in [6.07, 6.45) is 7.87. The molecule has 1 aliphatic carbocycles. The number of fused-ring (bicyclic) bond motifs is 2. The molecule has 2 aromatic rings. The molecule has 1 amide bonds. The molecule has 1 aromatic carbocycles. The highest BCUT2D eigenvalue weighted by Crippen LogP contribution is 2.29. The standard InChI is InChI=1S/C19H24N4OS/c24-18(20-16-10-6-8-14-7-3-4-9-15(14)16)13-25-19-22-21-17-11-2-1-5-12-23(17)19/h3-4,7,9,16H,1-2,5-6,8,10-13H2,(H,20,24)/t16-/m1/s1. The molecule has 0 spiro atoms. The molecule has 0 saturated carbocycles. The molecule has 1 atom stereocenters. The monoisotopic (exact) mass is 356 g/mol. The molecule has 2 aliphatic rings. The van der Waals surface area contributed by atoms with Crippen molar-refractivity contribution >= 4 is 17.7 Å². The average molecular weight is 356 g/mol. The summed E-state index contributed by atoms with van der Waals surface area (Å²) in [5.41, 5.74) is 2.65. The number of nitrogens with zero attached hydrogens (tertiary/aromatic N) is 3. The van der Waals surface area contributed by atoms with Crippen LogP contribution in [0.4, 0.5) is 0 Å². The largest absolute Gasteiger partial charge is 0.349 e. The molecular weight excluding hydrogens is 332 g/mol. The van der Waals surface area contributed by atoms with E-state index in [4.69, 9.17) is 0 Å². The van der Waals surface area contributed by atoms with Gasteiger partial charge in [0.25, 0.3) is 0 Å². The maximum atomic E-state index is 12.5. The number of aryl methyl sites for hydroxylation is 2. The van der Waals surface area contributed by atoms with Crippen molar-refractivity contribution in [3.8, 4) is 0 Å². The van der Waals surface area contributed by atoms with Gasteiger partial charge in [0.1, 0.15) is 5.82 Å². The molecule has 4 rings (SSSR count). The molecule has 1 aliphatic heterocycles. The van der Waals surface area contributed by atoms with Crippen molar-refractivity contribution in [1.82, 2.24) is 20.1 Å². The van der Waals surface area contributed by atoms with Crippen LogP contribution < -0.4 is 5.32 Å². The molecule has 0 radical (unpaired) electrons. The van der Waals surface area contributed by atoms with Crippen LogP contribution in [0.2, 0.25) is 0 Å². The van der Waals surface area contributed by atoms with Crippen LogP contribution in [0.1, 0.15) is 55.1 Å². The molecular formula is C19H24N4OS. The van der Waals surface area contributed by atoms with Crippen molar-refractivity contribution in [2.45, 2.75) is 62.7 Å². The zero-order chi connectivity index (χ0) is 17.1. The van der Waals surface area contributed by atoms with E-state index in [0.717, 1.165) is 43.2 Å². The number of carbonyl (C=O) groups excluding carboxylic acids is 1. The number of nitrogens with one attached hydrogen (secondary N) is 1. The minimum atomic E-state index is 0.0812. The summed E-state index contributed by atoms with van der Waals surface area (Å²) in [5.74, 6) is 1.55. The van der Waals surface area contributed by atoms with Gasteiger partial charge in [-0.3, -0.25) is 4.79 Å². The van der Waals surface area contributed by atoms with Crippen LogP contribution in [0.5, 0.6) is 0 Å². The SMILES string of the molecule is O=C(CSc1nnc2n1CCCCC2)N[C@@H]1CCCc2ccccc21. The van der Waals surface area contributed by atoms with Crippen LogP contribution in [0.25, 0.3) is 0 Å². The molecule has 1 N–H and O–H groups in total. The van der Waals surface area contributed by atoms with Crippen LogP contribution in [-0.4, -0.2) is 26.4 Å². The maximum absolute atomic E-state index is 12.5. The van der Waals surface area contributed by atoms with E-state index in [0.29, 0.717) is 5.75 Å². The first-order valence-electron chi connectivity index (χ1n) is 9.23. The summed E-state index contributed by atoms with van der Waals surface area (Å²) in [7, 11) is 0. The Morgan fingerprint density at radius 1 is 1.16 bits per heavy atom. The van der Waals surface area contributed by atoms with Crippen molar-refractivity contribution < 1.29 is 4.79 Å². The summed E-state index contributed by atoms with van der Waals surface area (Å²) in [5, 5.41) is 12.7. The molecule has 132 valence electrons. The van der Waals surface area contributed by atoms with E-state index >= 15 is 0 Å². The smallest absolute Gasteiger partial charge is 0.230 e. The fourth-order valence-electron chi connectivity index (χ4n) is 3.84. The Bertz CT molecular complexity index is 758. The first-order valence-corrected chi connectivity index (χ1v) is 10.2. The Morgan fingerprint density at radius 3 is 3.04 bits per heavy atom. The average Bonchev–Trinajstić information content (AvgIpc) is 2.86. The second-order valence-electron chi connectivity index (χ2n) is 6.86. The van der Waals surface area contributed by atoms with Crippen molar-refractivity contribution in [2.75, 3.05) is 5.75 Å². The lowest BCUT2D eigenvalue weighted by Gasteiger charge is -2.26. The Morgan fingerprint density at radius 2 is 2.08 bits per heavy atom. The van der Waals surface area contributed by atoms with Gasteiger partial charge in [-0.2, -0.15) is 0 Å². The molecule has 0 saturated heterocycles. The lowest BCUT2D eigenvalue weighted by Crippen LogP contribution is -2.32. The number of benzene rings is 1. The van der Waals surface area contributed by atoms with Crippen LogP contribution >= 0.6 is 11.8 Å². The van der Waals surface area contributed by atoms with Crippen molar-refractivity contribution in [3.05, 3.63) is 41.2 Å². The number of carbonyl (C=O) groups is 1. The van der Waals surface area contributed by atoms with Crippen LogP contribution in [0.3, 0.4) is 0 Å². The number of thioether (sulfide) groups is 1. The third kappa shape index (κ3) is 3.73. The van der Waals surface area contributed by atoms with Gasteiger partial charge in [-0.05, 0) is 43.2 Å². The zero-order valence-corrected chi connectivity index (χ0v) is 15.2. The highest BCUT2D eigenvalue weighted by atomic mass is 32.2. The Balaban J connectivity index is 1.37. The fraction of sp³-hybridized carbons (Fsp3) is 0.526. The predicted molar refractivity (Wildman–Crippen MR) is 98.6 cm³/mol. The summed E-state index contributed by atoms with van der Waals surface area (Å²) in [6, 6.07) is 8.60. The molecule has 0 unspecified atom stereocenters. The molecule has 5 nitrogen and oxygen atoms in total. The number of amides is 1. The third-order valence-corrected chi connectivity index (χ3v) is 6.08. The van der Waals surface area contributed by atoms with Crippen molar-refractivity contribution in [3.63, 3.8) is 0 Å². The van der Waals surface area contributed by atoms with Gasteiger partial charge in [-0.1, -0.05) is 42.4 Å². The minimum Gasteiger partial charge on any atom is -0.349 e. The fourth-order valence-corrected chi connectivity index (χ4v) is 4.63. The number of hydrogen-bond acceptors (Lipinski definition) is 4. The second kappa shape index (κ2) is 7.60. The minimum absolute atomic E-state index is 0.0812. The van der Waals surface area contributed by atoms with E-state index in [2.05, 4.69) is 44.3 Å². The van der Waals surface area contributed by atoms with E-state index in [9.17, 15) is 4.79 Å². The lowest BCUT2D eigenvalue weighted by atomic mass is 9.88. The van der Waals surface area contributed by atoms with Gasteiger partial charge in [-0.15, -0.1) is 10.2 Å². The van der Waals surface area contributed by atoms with E-state index in [-0.39, 0.29) is 11.9 Å². The molecule has 1 aromatic heterocycles. The quantitative estimate of drug-likeness (QED) is 0.854. The Labute approximate surface area is 152 Å². The number of hydrogen-bond donors (Lipinski definition) is 1. The summed E-state index contributed by atoms with van der Waals surface area (Å²) >= 11 is 1.51. The molecule has 6 heteroatoms. The number of rotatable bonds is 4. The van der Waals surface area contributed by atoms with Crippen LogP contribution in [-0.2, 0) is 24.2 Å². The van der Waals surface area contributed by atoms with Gasteiger partial charge in [0.15, 0.2) is 5.16 Å². The van der Waals surface area contributed by atoms with Gasteiger partial charge in [0.05, 0.1) is 11.8 Å². The molecule has 0 bridgehead atoms. The highest BCUT2D eigenvalue weighted by molar-refractivity contribution is 7.99. The lowest BCUT2D eigenvalue weighted by molar-refractivity contribution is -0.119. The van der Waals surface area contributed by atoms with Crippen LogP contribution in [0.15, 0.2) is 29.4 Å². The van der Waals surface area contributed by atoms with Gasteiger partial charge in [-0.25, -0.2) is 0 Å². The third-order valence-electron chi connectivity index (χ3n) is 5.11. The normalized spacial score (nSPS) is 19.6. The zero-order valence-electron chi connectivity index (χ0n) is 14.4. The Hall–Kier alpha value is -1.82. The predicted octanol–water partition coefficient (Wildman–Crippen LogP) is 3.29. The van der Waals surface area contributed by atoms with E-state index in [1.165, 1.54) is 42.2 Å². The van der Waals surface area contributed by atoms with Gasteiger partial charge in [0.2, 0.25) is 5.91 Å². The first-order chi connectivity index (χ1) is 12.3. The topological polar surface area (TPSA) is 59.8 Å². The highest BCUT2D eigenvalue weighted by Gasteiger charge is 2.22.